The number of benzene rings is 1. The molecule has 0 fully saturated rings. The maximum absolute atomic E-state index is 5.37. The fraction of sp³-hybridized carbons (Fsp3) is 0.286. The van der Waals surface area contributed by atoms with Gasteiger partial charge in [-0.1, -0.05) is 0 Å². The summed E-state index contributed by atoms with van der Waals surface area (Å²) < 4.78 is 5.88. The van der Waals surface area contributed by atoms with Crippen LogP contribution in [0.5, 0.6) is 5.75 Å². The van der Waals surface area contributed by atoms with Crippen molar-refractivity contribution in [3.63, 3.8) is 0 Å². The molecule has 2 rings (SSSR count). The number of rotatable bonds is 2. The molecule has 1 heterocycles. The second-order valence-corrected chi connectivity index (χ2v) is 4.78. The first-order valence-corrected chi connectivity index (χ1v) is 6.15. The molecule has 0 bridgehead atoms. The van der Waals surface area contributed by atoms with E-state index >= 15 is 0 Å². The largest absolute Gasteiger partial charge is 0.496 e. The van der Waals surface area contributed by atoms with E-state index in [1.165, 1.54) is 0 Å². The fourth-order valence-corrected chi connectivity index (χ4v) is 2.41. The van der Waals surface area contributed by atoms with E-state index < -0.39 is 0 Å². The van der Waals surface area contributed by atoms with Gasteiger partial charge in [-0.25, -0.2) is 4.98 Å². The first-order chi connectivity index (χ1) is 8.51. The molecule has 0 aliphatic rings. The highest BCUT2D eigenvalue weighted by Gasteiger charge is 2.08. The van der Waals surface area contributed by atoms with Gasteiger partial charge in [0.2, 0.25) is 0 Å². The molecule has 0 saturated heterocycles. The molecule has 2 aromatic rings. The molecular weight excluding hydrogens is 244 g/mol. The number of methoxy groups -OCH3 is 1. The topological polar surface area (TPSA) is 37.9 Å². The number of H-pyrrole nitrogens is 1. The molecule has 3 nitrogen and oxygen atoms in total. The summed E-state index contributed by atoms with van der Waals surface area (Å²) in [6.45, 7) is 6.04. The van der Waals surface area contributed by atoms with Crippen LogP contribution >= 0.6 is 12.2 Å². The van der Waals surface area contributed by atoms with Gasteiger partial charge in [0.15, 0.2) is 4.77 Å². The van der Waals surface area contributed by atoms with Gasteiger partial charge in [-0.2, -0.15) is 0 Å². The molecule has 4 heteroatoms. The maximum Gasteiger partial charge on any atom is 0.197 e. The molecule has 0 amide bonds. The first-order valence-electron chi connectivity index (χ1n) is 5.75. The van der Waals surface area contributed by atoms with Gasteiger partial charge in [-0.3, -0.25) is 0 Å². The highest BCUT2D eigenvalue weighted by atomic mass is 32.1. The zero-order valence-corrected chi connectivity index (χ0v) is 11.8. The number of hydrogen-bond acceptors (Lipinski definition) is 3. The summed E-state index contributed by atoms with van der Waals surface area (Å²) in [5, 5.41) is 0. The number of nitrogens with zero attached hydrogens (tertiary/aromatic N) is 1. The minimum Gasteiger partial charge on any atom is -0.496 e. The zero-order chi connectivity index (χ0) is 13.3. The van der Waals surface area contributed by atoms with Gasteiger partial charge in [0, 0.05) is 11.3 Å². The van der Waals surface area contributed by atoms with Gasteiger partial charge in [-0.15, -0.1) is 0 Å². The van der Waals surface area contributed by atoms with Crippen LogP contribution in [0.25, 0.3) is 11.3 Å². The third kappa shape index (κ3) is 2.43. The predicted molar refractivity (Wildman–Crippen MR) is 75.6 cm³/mol. The van der Waals surface area contributed by atoms with Crippen molar-refractivity contribution in [1.29, 1.82) is 0 Å². The lowest BCUT2D eigenvalue weighted by atomic mass is 10.0. The Kier molecular flexibility index (Phi) is 3.48. The lowest BCUT2D eigenvalue weighted by Gasteiger charge is -2.11. The summed E-state index contributed by atoms with van der Waals surface area (Å²) in [5.74, 6) is 0.927. The van der Waals surface area contributed by atoms with Crippen molar-refractivity contribution in [3.05, 3.63) is 39.8 Å². The SMILES string of the molecule is COc1c(C)cc(-c2cc(C)[nH]c(=S)n2)cc1C. The Hall–Kier alpha value is -1.68. The number of nitrogens with one attached hydrogen (secondary N) is 1. The van der Waals surface area contributed by atoms with E-state index in [0.29, 0.717) is 4.77 Å². The first kappa shape index (κ1) is 12.8. The van der Waals surface area contributed by atoms with Gasteiger partial charge >= 0.3 is 0 Å². The van der Waals surface area contributed by atoms with Crippen LogP contribution in [-0.2, 0) is 0 Å². The standard InChI is InChI=1S/C14H16N2OS/c1-8-5-11(6-9(2)13(8)17-4)12-7-10(3)15-14(18)16-12/h5-7H,1-4H3,(H,15,16,18). The van der Waals surface area contributed by atoms with E-state index in [9.17, 15) is 0 Å². The molecule has 18 heavy (non-hydrogen) atoms. The molecular formula is C14H16N2OS. The van der Waals surface area contributed by atoms with Crippen LogP contribution in [0.1, 0.15) is 16.8 Å². The summed E-state index contributed by atoms with van der Waals surface area (Å²) in [7, 11) is 1.69. The summed E-state index contributed by atoms with van der Waals surface area (Å²) in [6.07, 6.45) is 0. The van der Waals surface area contributed by atoms with Crippen molar-refractivity contribution in [1.82, 2.24) is 9.97 Å². The van der Waals surface area contributed by atoms with Crippen LogP contribution in [0.3, 0.4) is 0 Å². The van der Waals surface area contributed by atoms with E-state index in [0.717, 1.165) is 33.8 Å². The lowest BCUT2D eigenvalue weighted by molar-refractivity contribution is 0.408. The van der Waals surface area contributed by atoms with E-state index in [1.807, 2.05) is 26.8 Å². The van der Waals surface area contributed by atoms with Crippen LogP contribution in [0.15, 0.2) is 18.2 Å². The Morgan fingerprint density at radius 1 is 1.11 bits per heavy atom. The minimum atomic E-state index is 0.510. The Bertz CT molecular complexity index is 623. The minimum absolute atomic E-state index is 0.510. The normalized spacial score (nSPS) is 10.4. The summed E-state index contributed by atoms with van der Waals surface area (Å²) in [4.78, 5) is 7.37. The third-order valence-corrected chi connectivity index (χ3v) is 3.03. The molecule has 0 atom stereocenters. The second kappa shape index (κ2) is 4.90. The third-order valence-electron chi connectivity index (χ3n) is 2.84. The molecule has 94 valence electrons. The number of hydrogen-bond donors (Lipinski definition) is 1. The van der Waals surface area contributed by atoms with Gasteiger partial charge < -0.3 is 9.72 Å². The van der Waals surface area contributed by atoms with E-state index in [-0.39, 0.29) is 0 Å². The van der Waals surface area contributed by atoms with Crippen molar-refractivity contribution >= 4 is 12.2 Å². The molecule has 0 unspecified atom stereocenters. The lowest BCUT2D eigenvalue weighted by Crippen LogP contribution is -1.95. The second-order valence-electron chi connectivity index (χ2n) is 4.40. The summed E-state index contributed by atoms with van der Waals surface area (Å²) in [5.41, 5.74) is 5.17. The van der Waals surface area contributed by atoms with Gasteiger partial charge in [0.25, 0.3) is 0 Å². The zero-order valence-electron chi connectivity index (χ0n) is 11.0. The summed E-state index contributed by atoms with van der Waals surface area (Å²) in [6, 6.07) is 6.14. The quantitative estimate of drug-likeness (QED) is 0.836. The van der Waals surface area contributed by atoms with Crippen LogP contribution in [0.4, 0.5) is 0 Å². The number of aryl methyl sites for hydroxylation is 3. The Morgan fingerprint density at radius 2 is 1.72 bits per heavy atom. The van der Waals surface area contributed by atoms with Crippen LogP contribution < -0.4 is 4.74 Å². The molecule has 1 aromatic heterocycles. The van der Waals surface area contributed by atoms with Crippen molar-refractivity contribution in [2.75, 3.05) is 7.11 Å². The predicted octanol–water partition coefficient (Wildman–Crippen LogP) is 3.74. The molecule has 0 saturated carbocycles. The molecule has 0 aliphatic carbocycles. The van der Waals surface area contributed by atoms with Crippen molar-refractivity contribution in [2.45, 2.75) is 20.8 Å². The Labute approximate surface area is 112 Å². The summed E-state index contributed by atoms with van der Waals surface area (Å²) >= 11 is 5.11. The van der Waals surface area contributed by atoms with Crippen molar-refractivity contribution < 1.29 is 4.74 Å². The highest BCUT2D eigenvalue weighted by molar-refractivity contribution is 7.71. The van der Waals surface area contributed by atoms with Crippen LogP contribution in [0.2, 0.25) is 0 Å². The Morgan fingerprint density at radius 3 is 2.22 bits per heavy atom. The van der Waals surface area contributed by atoms with E-state index in [4.69, 9.17) is 17.0 Å². The van der Waals surface area contributed by atoms with Crippen molar-refractivity contribution in [2.24, 2.45) is 0 Å². The van der Waals surface area contributed by atoms with Crippen molar-refractivity contribution in [3.8, 4) is 17.0 Å². The Balaban J connectivity index is 2.61. The van der Waals surface area contributed by atoms with Gasteiger partial charge in [0.05, 0.1) is 12.8 Å². The van der Waals surface area contributed by atoms with Gasteiger partial charge in [0.1, 0.15) is 5.75 Å². The molecule has 1 aromatic carbocycles. The average molecular weight is 260 g/mol. The highest BCUT2D eigenvalue weighted by Crippen LogP contribution is 2.29. The average Bonchev–Trinajstić information content (AvgIpc) is 2.27. The monoisotopic (exact) mass is 260 g/mol. The molecule has 1 N–H and O–H groups in total. The number of ether oxygens (including phenoxy) is 1. The number of aromatic amines is 1. The maximum atomic E-state index is 5.37. The van der Waals surface area contributed by atoms with Gasteiger partial charge in [-0.05, 0) is 62.3 Å². The molecule has 0 radical (unpaired) electrons. The smallest absolute Gasteiger partial charge is 0.197 e. The molecule has 0 aliphatic heterocycles. The van der Waals surface area contributed by atoms with E-state index in [1.54, 1.807) is 7.11 Å². The van der Waals surface area contributed by atoms with Crippen LogP contribution in [0, 0.1) is 25.5 Å². The number of aromatic nitrogens is 2. The fourth-order valence-electron chi connectivity index (χ4n) is 2.15. The van der Waals surface area contributed by atoms with E-state index in [2.05, 4.69) is 22.1 Å². The molecule has 0 spiro atoms. The van der Waals surface area contributed by atoms with Crippen LogP contribution in [-0.4, -0.2) is 17.1 Å².